The van der Waals surface area contributed by atoms with Crippen LogP contribution in [-0.2, 0) is 19.3 Å². The van der Waals surface area contributed by atoms with Crippen molar-refractivity contribution in [2.24, 2.45) is 0 Å². The first-order valence-electron chi connectivity index (χ1n) is 11.4. The maximum absolute atomic E-state index is 12.1. The Morgan fingerprint density at radius 1 is 0.966 bits per heavy atom. The molecule has 1 aliphatic carbocycles. The molecule has 0 spiro atoms. The summed E-state index contributed by atoms with van der Waals surface area (Å²) in [6.07, 6.45) is 10.2. The highest BCUT2D eigenvalue weighted by atomic mass is 32.1. The lowest BCUT2D eigenvalue weighted by molar-refractivity contribution is 0.102. The lowest BCUT2D eigenvalue weighted by Gasteiger charge is -2.41. The van der Waals surface area contributed by atoms with Gasteiger partial charge in [-0.3, -0.25) is 4.79 Å². The summed E-state index contributed by atoms with van der Waals surface area (Å²) >= 11 is 1.73. The number of nitrogens with zero attached hydrogens (tertiary/aromatic N) is 2. The van der Waals surface area contributed by atoms with Gasteiger partial charge in [0.05, 0.1) is 10.9 Å². The molecule has 3 aliphatic rings. The van der Waals surface area contributed by atoms with E-state index < -0.39 is 0 Å². The molecule has 154 valence electrons. The van der Waals surface area contributed by atoms with E-state index in [0.29, 0.717) is 6.04 Å². The normalized spacial score (nSPS) is 22.2. The number of ketones is 1. The lowest BCUT2D eigenvalue weighted by atomic mass is 9.90. The van der Waals surface area contributed by atoms with Gasteiger partial charge < -0.3 is 9.80 Å². The van der Waals surface area contributed by atoms with Gasteiger partial charge in [-0.1, -0.05) is 12.5 Å². The number of thiophene rings is 1. The number of likely N-dealkylation sites (tertiary alicyclic amines) is 1. The molecule has 0 bridgehead atoms. The van der Waals surface area contributed by atoms with Crippen molar-refractivity contribution in [3.8, 4) is 0 Å². The van der Waals surface area contributed by atoms with Gasteiger partial charge in [0.1, 0.15) is 0 Å². The Morgan fingerprint density at radius 3 is 2.55 bits per heavy atom. The van der Waals surface area contributed by atoms with E-state index in [9.17, 15) is 4.79 Å². The van der Waals surface area contributed by atoms with Crippen molar-refractivity contribution in [3.05, 3.63) is 50.7 Å². The molecule has 2 aliphatic heterocycles. The zero-order chi connectivity index (χ0) is 19.8. The number of rotatable bonds is 4. The Labute approximate surface area is 178 Å². The number of hydrogen-bond acceptors (Lipinski definition) is 4. The summed E-state index contributed by atoms with van der Waals surface area (Å²) in [5.41, 5.74) is 5.91. The van der Waals surface area contributed by atoms with Gasteiger partial charge in [0.15, 0.2) is 5.78 Å². The third kappa shape index (κ3) is 3.89. The molecule has 1 unspecified atom stereocenters. The number of anilines is 1. The fourth-order valence-corrected chi connectivity index (χ4v) is 6.53. The van der Waals surface area contributed by atoms with Gasteiger partial charge in [0.25, 0.3) is 0 Å². The van der Waals surface area contributed by atoms with Gasteiger partial charge >= 0.3 is 0 Å². The summed E-state index contributed by atoms with van der Waals surface area (Å²) in [5.74, 6) is 0.210. The molecule has 3 nitrogen and oxygen atoms in total. The molecule has 1 saturated heterocycles. The third-order valence-electron chi connectivity index (χ3n) is 7.05. The maximum Gasteiger partial charge on any atom is 0.169 e. The first-order valence-corrected chi connectivity index (χ1v) is 12.2. The highest BCUT2D eigenvalue weighted by molar-refractivity contribution is 7.14. The highest BCUT2D eigenvalue weighted by Gasteiger charge is 2.32. The number of carbonyl (C=O) groups excluding carboxylic acids is 1. The van der Waals surface area contributed by atoms with E-state index in [0.717, 1.165) is 24.4 Å². The van der Waals surface area contributed by atoms with Gasteiger partial charge in [0.2, 0.25) is 0 Å². The number of hydrogen-bond donors (Lipinski definition) is 0. The lowest BCUT2D eigenvalue weighted by Crippen LogP contribution is -2.43. The van der Waals surface area contributed by atoms with Crippen LogP contribution in [-0.4, -0.2) is 36.9 Å². The Kier molecular flexibility index (Phi) is 5.49. The monoisotopic (exact) mass is 408 g/mol. The molecular formula is C25H32N2OS. The quantitative estimate of drug-likeness (QED) is 0.631. The molecule has 0 saturated carbocycles. The highest BCUT2D eigenvalue weighted by Crippen LogP contribution is 2.40. The Balaban J connectivity index is 1.49. The smallest absolute Gasteiger partial charge is 0.169 e. The summed E-state index contributed by atoms with van der Waals surface area (Å²) in [6.45, 7) is 6.28. The molecule has 0 radical (unpaired) electrons. The topological polar surface area (TPSA) is 23.6 Å². The van der Waals surface area contributed by atoms with E-state index in [4.69, 9.17) is 0 Å². The van der Waals surface area contributed by atoms with Gasteiger partial charge in [-0.15, -0.1) is 11.3 Å². The average Bonchev–Trinajstić information content (AvgIpc) is 3.20. The van der Waals surface area contributed by atoms with Crippen LogP contribution in [0.15, 0.2) is 24.3 Å². The van der Waals surface area contributed by atoms with Crippen LogP contribution >= 0.6 is 11.3 Å². The standard InChI is InChI=1S/C25H32N2OS/c1-18(28)25-16-22-23(17-26-12-5-2-6-13-26)27(14-11-24(22)29-25)21-10-9-19-7-3-4-8-20(19)15-21/h9-10,15-16,23H,2-8,11-14,17H2,1H3. The zero-order valence-electron chi connectivity index (χ0n) is 17.6. The summed E-state index contributed by atoms with van der Waals surface area (Å²) < 4.78 is 0. The SMILES string of the molecule is CC(=O)c1cc2c(s1)CCN(c1ccc3c(c1)CCCC3)C2CN1CCCCC1. The molecule has 3 heterocycles. The van der Waals surface area contributed by atoms with Crippen molar-refractivity contribution in [3.63, 3.8) is 0 Å². The predicted molar refractivity (Wildman–Crippen MR) is 121 cm³/mol. The van der Waals surface area contributed by atoms with E-state index in [1.165, 1.54) is 74.2 Å². The molecule has 0 amide bonds. The van der Waals surface area contributed by atoms with E-state index in [-0.39, 0.29) is 5.78 Å². The number of piperidine rings is 1. The molecule has 1 aromatic heterocycles. The summed E-state index contributed by atoms with van der Waals surface area (Å²) in [7, 11) is 0. The molecular weight excluding hydrogens is 376 g/mol. The zero-order valence-corrected chi connectivity index (χ0v) is 18.4. The van der Waals surface area contributed by atoms with Crippen molar-refractivity contribution in [2.45, 2.75) is 64.3 Å². The van der Waals surface area contributed by atoms with Crippen molar-refractivity contribution < 1.29 is 4.79 Å². The van der Waals surface area contributed by atoms with Crippen LogP contribution in [0.4, 0.5) is 5.69 Å². The fraction of sp³-hybridized carbons (Fsp3) is 0.560. The average molecular weight is 409 g/mol. The molecule has 29 heavy (non-hydrogen) atoms. The molecule has 1 fully saturated rings. The van der Waals surface area contributed by atoms with Crippen LogP contribution in [0.5, 0.6) is 0 Å². The van der Waals surface area contributed by atoms with E-state index in [1.807, 2.05) is 0 Å². The van der Waals surface area contributed by atoms with Crippen molar-refractivity contribution in [1.29, 1.82) is 0 Å². The van der Waals surface area contributed by atoms with Gasteiger partial charge in [-0.05, 0) is 99.8 Å². The predicted octanol–water partition coefficient (Wildman–Crippen LogP) is 5.42. The van der Waals surface area contributed by atoms with Gasteiger partial charge in [-0.25, -0.2) is 0 Å². The Bertz CT molecular complexity index is 896. The van der Waals surface area contributed by atoms with Crippen LogP contribution in [0.25, 0.3) is 0 Å². The Morgan fingerprint density at radius 2 is 1.76 bits per heavy atom. The Hall–Kier alpha value is -1.65. The number of Topliss-reactive ketones (excluding diaryl/α,β-unsaturated/α-hetero) is 1. The molecule has 4 heteroatoms. The van der Waals surface area contributed by atoms with Crippen LogP contribution in [0.1, 0.15) is 76.3 Å². The second kappa shape index (κ2) is 8.23. The fourth-order valence-electron chi connectivity index (χ4n) is 5.43. The number of benzene rings is 1. The van der Waals surface area contributed by atoms with Crippen LogP contribution in [0.2, 0.25) is 0 Å². The maximum atomic E-state index is 12.1. The first kappa shape index (κ1) is 19.3. The minimum atomic E-state index is 0.210. The summed E-state index contributed by atoms with van der Waals surface area (Å²) in [5, 5.41) is 0. The largest absolute Gasteiger partial charge is 0.363 e. The van der Waals surface area contributed by atoms with Crippen LogP contribution in [0, 0.1) is 0 Å². The number of aryl methyl sites for hydroxylation is 2. The van der Waals surface area contributed by atoms with Crippen LogP contribution in [0.3, 0.4) is 0 Å². The van der Waals surface area contributed by atoms with Crippen LogP contribution < -0.4 is 4.90 Å². The molecule has 1 atom stereocenters. The minimum Gasteiger partial charge on any atom is -0.363 e. The minimum absolute atomic E-state index is 0.210. The number of carbonyl (C=O) groups is 1. The van der Waals surface area contributed by atoms with Crippen molar-refractivity contribution >= 4 is 22.8 Å². The van der Waals surface area contributed by atoms with E-state index in [2.05, 4.69) is 34.1 Å². The van der Waals surface area contributed by atoms with Gasteiger partial charge in [0, 0.05) is 23.7 Å². The molecule has 2 aromatic rings. The van der Waals surface area contributed by atoms with E-state index in [1.54, 1.807) is 29.4 Å². The number of fused-ring (bicyclic) bond motifs is 2. The third-order valence-corrected chi connectivity index (χ3v) is 8.36. The van der Waals surface area contributed by atoms with E-state index >= 15 is 0 Å². The first-order chi connectivity index (χ1) is 14.2. The molecule has 1 aromatic carbocycles. The molecule has 5 rings (SSSR count). The second-order valence-corrected chi connectivity index (χ2v) is 10.2. The molecule has 0 N–H and O–H groups in total. The van der Waals surface area contributed by atoms with Crippen molar-refractivity contribution in [1.82, 2.24) is 4.90 Å². The van der Waals surface area contributed by atoms with Crippen molar-refractivity contribution in [2.75, 3.05) is 31.1 Å². The van der Waals surface area contributed by atoms with Gasteiger partial charge in [-0.2, -0.15) is 0 Å². The second-order valence-electron chi connectivity index (χ2n) is 9.03. The summed E-state index contributed by atoms with van der Waals surface area (Å²) in [6, 6.07) is 9.79. The summed E-state index contributed by atoms with van der Waals surface area (Å²) in [4.78, 5) is 19.7.